The highest BCUT2D eigenvalue weighted by Crippen LogP contribution is 2.39. The number of carbonyl (C=O) groups is 1. The summed E-state index contributed by atoms with van der Waals surface area (Å²) >= 11 is 1.51. The molecule has 28 heavy (non-hydrogen) atoms. The Bertz CT molecular complexity index is 969. The fraction of sp³-hybridized carbons (Fsp3) is 0.286. The van der Waals surface area contributed by atoms with E-state index in [1.165, 1.54) is 11.8 Å². The van der Waals surface area contributed by atoms with Gasteiger partial charge in [0.1, 0.15) is 5.25 Å². The molecule has 0 aliphatic carbocycles. The highest BCUT2D eigenvalue weighted by Gasteiger charge is 2.40. The molecule has 5 rings (SSSR count). The van der Waals surface area contributed by atoms with Crippen LogP contribution in [0, 0.1) is 0 Å². The Kier molecular flexibility index (Phi) is 4.52. The summed E-state index contributed by atoms with van der Waals surface area (Å²) in [4.78, 5) is 15.3. The highest BCUT2D eigenvalue weighted by atomic mass is 32.2. The molecule has 1 aromatic heterocycles. The van der Waals surface area contributed by atoms with Gasteiger partial charge in [-0.3, -0.25) is 4.79 Å². The van der Waals surface area contributed by atoms with Crippen molar-refractivity contribution in [1.82, 2.24) is 19.8 Å². The van der Waals surface area contributed by atoms with Gasteiger partial charge in [0.05, 0.1) is 6.04 Å². The van der Waals surface area contributed by atoms with Crippen molar-refractivity contribution in [2.45, 2.75) is 29.3 Å². The molecule has 2 aliphatic rings. The van der Waals surface area contributed by atoms with Crippen LogP contribution in [-0.2, 0) is 4.79 Å². The van der Waals surface area contributed by atoms with Gasteiger partial charge in [0.15, 0.2) is 5.82 Å². The number of nitrogens with zero attached hydrogens (tertiary/aromatic N) is 4. The van der Waals surface area contributed by atoms with Gasteiger partial charge in [-0.25, -0.2) is 4.68 Å². The van der Waals surface area contributed by atoms with Crippen molar-refractivity contribution in [3.05, 3.63) is 66.2 Å². The number of carbonyl (C=O) groups excluding carboxylic acids is 1. The van der Waals surface area contributed by atoms with Crippen molar-refractivity contribution < 1.29 is 4.79 Å². The van der Waals surface area contributed by atoms with E-state index in [0.717, 1.165) is 48.0 Å². The van der Waals surface area contributed by atoms with Crippen LogP contribution in [0.15, 0.2) is 65.8 Å². The molecule has 1 saturated heterocycles. The topological polar surface area (TPSA) is 63.1 Å². The van der Waals surface area contributed by atoms with Crippen LogP contribution in [0.3, 0.4) is 0 Å². The minimum Gasteiger partial charge on any atom is -0.342 e. The minimum atomic E-state index is -0.263. The number of hydrogen-bond donors (Lipinski definition) is 1. The summed E-state index contributed by atoms with van der Waals surface area (Å²) < 4.78 is 1.92. The second-order valence-electron chi connectivity index (χ2n) is 7.10. The van der Waals surface area contributed by atoms with Crippen LogP contribution in [0.25, 0.3) is 11.4 Å². The standard InChI is InChI=1S/C21H21N5OS/c27-20(25-13-7-8-14-25)18-17(15-9-3-1-4-10-15)24-26-19(22-23-21(26)28-18)16-11-5-2-6-12-16/h1-6,9-12,17-18,24H,7-8,13-14H2. The smallest absolute Gasteiger partial charge is 0.238 e. The Morgan fingerprint density at radius 1 is 0.964 bits per heavy atom. The zero-order valence-electron chi connectivity index (χ0n) is 15.4. The zero-order chi connectivity index (χ0) is 18.9. The molecule has 0 spiro atoms. The summed E-state index contributed by atoms with van der Waals surface area (Å²) in [5, 5.41) is 9.22. The Morgan fingerprint density at radius 3 is 2.36 bits per heavy atom. The van der Waals surface area contributed by atoms with E-state index in [9.17, 15) is 4.79 Å². The summed E-state index contributed by atoms with van der Waals surface area (Å²) in [6.07, 6.45) is 2.17. The second kappa shape index (κ2) is 7.31. The molecule has 1 amide bonds. The average molecular weight is 392 g/mol. The Hall–Kier alpha value is -2.80. The first kappa shape index (κ1) is 17.3. The van der Waals surface area contributed by atoms with Gasteiger partial charge in [-0.05, 0) is 18.4 Å². The molecule has 1 fully saturated rings. The number of likely N-dealkylation sites (tertiary alicyclic amines) is 1. The van der Waals surface area contributed by atoms with Crippen molar-refractivity contribution in [3.8, 4) is 11.4 Å². The molecule has 1 N–H and O–H groups in total. The molecule has 2 unspecified atom stereocenters. The third-order valence-corrected chi connectivity index (χ3v) is 6.49. The fourth-order valence-corrected chi connectivity index (χ4v) is 5.01. The first-order valence-corrected chi connectivity index (χ1v) is 10.5. The van der Waals surface area contributed by atoms with E-state index in [2.05, 4.69) is 27.8 Å². The lowest BCUT2D eigenvalue weighted by Gasteiger charge is -2.34. The van der Waals surface area contributed by atoms with E-state index in [0.29, 0.717) is 0 Å². The van der Waals surface area contributed by atoms with E-state index in [1.807, 2.05) is 58.1 Å². The molecule has 142 valence electrons. The molecular formula is C21H21N5OS. The van der Waals surface area contributed by atoms with Crippen LogP contribution in [0.2, 0.25) is 0 Å². The third kappa shape index (κ3) is 3.05. The van der Waals surface area contributed by atoms with Crippen LogP contribution in [0.4, 0.5) is 0 Å². The van der Waals surface area contributed by atoms with Gasteiger partial charge >= 0.3 is 0 Å². The fourth-order valence-electron chi connectivity index (χ4n) is 3.85. The third-order valence-electron chi connectivity index (χ3n) is 5.29. The monoisotopic (exact) mass is 391 g/mol. The number of rotatable bonds is 3. The van der Waals surface area contributed by atoms with Crippen molar-refractivity contribution in [3.63, 3.8) is 0 Å². The zero-order valence-corrected chi connectivity index (χ0v) is 16.2. The van der Waals surface area contributed by atoms with E-state index in [4.69, 9.17) is 0 Å². The maximum atomic E-state index is 13.3. The summed E-state index contributed by atoms with van der Waals surface area (Å²) in [6, 6.07) is 20.0. The maximum absolute atomic E-state index is 13.3. The first-order chi connectivity index (χ1) is 13.8. The number of fused-ring (bicyclic) bond motifs is 1. The number of amides is 1. The van der Waals surface area contributed by atoms with Gasteiger partial charge < -0.3 is 10.3 Å². The molecule has 7 heteroatoms. The van der Waals surface area contributed by atoms with Gasteiger partial charge in [0.2, 0.25) is 11.1 Å². The lowest BCUT2D eigenvalue weighted by Crippen LogP contribution is -2.45. The number of nitrogens with one attached hydrogen (secondary N) is 1. The molecule has 0 saturated carbocycles. The van der Waals surface area contributed by atoms with Crippen LogP contribution >= 0.6 is 11.8 Å². The molecule has 0 radical (unpaired) electrons. The van der Waals surface area contributed by atoms with Crippen molar-refractivity contribution in [2.24, 2.45) is 0 Å². The van der Waals surface area contributed by atoms with Crippen LogP contribution in [0.1, 0.15) is 24.4 Å². The van der Waals surface area contributed by atoms with Gasteiger partial charge in [-0.1, -0.05) is 72.4 Å². The van der Waals surface area contributed by atoms with Crippen molar-refractivity contribution in [1.29, 1.82) is 0 Å². The molecule has 3 heterocycles. The van der Waals surface area contributed by atoms with E-state index in [1.54, 1.807) is 0 Å². The molecule has 2 aliphatic heterocycles. The Morgan fingerprint density at radius 2 is 1.64 bits per heavy atom. The Labute approximate surface area is 167 Å². The van der Waals surface area contributed by atoms with Crippen molar-refractivity contribution in [2.75, 3.05) is 18.5 Å². The number of hydrogen-bond acceptors (Lipinski definition) is 5. The number of aromatic nitrogens is 3. The lowest BCUT2D eigenvalue weighted by atomic mass is 10.0. The van der Waals surface area contributed by atoms with Crippen LogP contribution in [-0.4, -0.2) is 44.0 Å². The number of benzene rings is 2. The van der Waals surface area contributed by atoms with Gasteiger partial charge in [-0.15, -0.1) is 10.2 Å². The predicted octanol–water partition coefficient (Wildman–Crippen LogP) is 3.33. The van der Waals surface area contributed by atoms with E-state index >= 15 is 0 Å². The van der Waals surface area contributed by atoms with E-state index in [-0.39, 0.29) is 17.2 Å². The van der Waals surface area contributed by atoms with E-state index < -0.39 is 0 Å². The average Bonchev–Trinajstić information content (AvgIpc) is 3.43. The summed E-state index contributed by atoms with van der Waals surface area (Å²) in [7, 11) is 0. The van der Waals surface area contributed by atoms with Gasteiger partial charge in [0.25, 0.3) is 0 Å². The lowest BCUT2D eigenvalue weighted by molar-refractivity contribution is -0.129. The SMILES string of the molecule is O=C(C1Sc2nnc(-c3ccccc3)n2NC1c1ccccc1)N1CCCC1. The largest absolute Gasteiger partial charge is 0.342 e. The van der Waals surface area contributed by atoms with Crippen molar-refractivity contribution >= 4 is 17.7 Å². The van der Waals surface area contributed by atoms with Crippen LogP contribution in [0.5, 0.6) is 0 Å². The Balaban J connectivity index is 1.54. The molecule has 0 bridgehead atoms. The minimum absolute atomic E-state index is 0.148. The highest BCUT2D eigenvalue weighted by molar-refractivity contribution is 8.00. The first-order valence-electron chi connectivity index (χ1n) is 9.59. The molecule has 2 aromatic carbocycles. The van der Waals surface area contributed by atoms with Gasteiger partial charge in [0, 0.05) is 18.7 Å². The molecule has 2 atom stereocenters. The molecule has 3 aromatic rings. The molecular weight excluding hydrogens is 370 g/mol. The van der Waals surface area contributed by atoms with Gasteiger partial charge in [-0.2, -0.15) is 0 Å². The maximum Gasteiger partial charge on any atom is 0.238 e. The summed E-state index contributed by atoms with van der Waals surface area (Å²) in [6.45, 7) is 1.69. The second-order valence-corrected chi connectivity index (χ2v) is 8.20. The predicted molar refractivity (Wildman–Crippen MR) is 109 cm³/mol. The summed E-state index contributed by atoms with van der Waals surface area (Å²) in [5.41, 5.74) is 5.62. The van der Waals surface area contributed by atoms with Crippen LogP contribution < -0.4 is 5.43 Å². The summed E-state index contributed by atoms with van der Waals surface area (Å²) in [5.74, 6) is 0.940. The number of thioether (sulfide) groups is 1. The quantitative estimate of drug-likeness (QED) is 0.742. The molecule has 6 nitrogen and oxygen atoms in total. The normalized spacial score (nSPS) is 21.2.